The van der Waals surface area contributed by atoms with E-state index < -0.39 is 23.8 Å². The highest BCUT2D eigenvalue weighted by molar-refractivity contribution is 5.99. The van der Waals surface area contributed by atoms with E-state index in [1.807, 2.05) is 70.2 Å². The summed E-state index contributed by atoms with van der Waals surface area (Å²) in [4.78, 5) is 41.2. The van der Waals surface area contributed by atoms with Crippen molar-refractivity contribution in [3.63, 3.8) is 0 Å². The maximum Gasteiger partial charge on any atom is 0.411 e. The molecule has 0 fully saturated rings. The molecule has 2 unspecified atom stereocenters. The Labute approximate surface area is 208 Å². The fourth-order valence-electron chi connectivity index (χ4n) is 4.22. The van der Waals surface area contributed by atoms with E-state index in [1.54, 1.807) is 20.8 Å². The first kappa shape index (κ1) is 26.3. The van der Waals surface area contributed by atoms with Crippen LogP contribution in [0.25, 0.3) is 0 Å². The lowest BCUT2D eigenvalue weighted by molar-refractivity contribution is -0.131. The summed E-state index contributed by atoms with van der Waals surface area (Å²) in [7, 11) is 0. The van der Waals surface area contributed by atoms with Crippen LogP contribution in [0, 0.1) is 19.8 Å². The fraction of sp³-hybridized carbons (Fsp3) is 0.464. The van der Waals surface area contributed by atoms with Gasteiger partial charge in [0.05, 0.1) is 6.54 Å². The van der Waals surface area contributed by atoms with Gasteiger partial charge in [-0.1, -0.05) is 55.8 Å². The predicted octanol–water partition coefficient (Wildman–Crippen LogP) is 4.74. The normalized spacial score (nSPS) is 16.3. The minimum Gasteiger partial charge on any atom is -0.444 e. The van der Waals surface area contributed by atoms with Crippen molar-refractivity contribution in [2.75, 3.05) is 5.32 Å². The molecule has 2 N–H and O–H groups in total. The lowest BCUT2D eigenvalue weighted by Gasteiger charge is -2.37. The number of hydrogen-bond acceptors (Lipinski definition) is 4. The van der Waals surface area contributed by atoms with Crippen LogP contribution in [-0.4, -0.2) is 40.5 Å². The van der Waals surface area contributed by atoms with Crippen molar-refractivity contribution in [1.82, 2.24) is 10.2 Å². The third-order valence-corrected chi connectivity index (χ3v) is 6.07. The van der Waals surface area contributed by atoms with Crippen molar-refractivity contribution in [2.24, 2.45) is 5.92 Å². The quantitative estimate of drug-likeness (QED) is 0.648. The molecule has 35 heavy (non-hydrogen) atoms. The largest absolute Gasteiger partial charge is 0.444 e. The Kier molecular flexibility index (Phi) is 7.88. The molecule has 1 aliphatic rings. The second kappa shape index (κ2) is 10.5. The van der Waals surface area contributed by atoms with Crippen molar-refractivity contribution in [1.29, 1.82) is 0 Å². The SMILES string of the molecule is Cc1ccc(NC(=O)C(NC(=O)C2Cc3ccccc3CN2C(=O)OC(C)(C)C)C(C)C)c(C)c1. The van der Waals surface area contributed by atoms with Crippen LogP contribution in [-0.2, 0) is 27.3 Å². The Hall–Kier alpha value is -3.35. The number of rotatable bonds is 5. The molecule has 1 aliphatic heterocycles. The first-order valence-corrected chi connectivity index (χ1v) is 12.1. The third-order valence-electron chi connectivity index (χ3n) is 6.07. The molecule has 0 bridgehead atoms. The van der Waals surface area contributed by atoms with Gasteiger partial charge in [0.1, 0.15) is 17.7 Å². The van der Waals surface area contributed by atoms with Crippen LogP contribution in [0.2, 0.25) is 0 Å². The molecule has 2 aromatic carbocycles. The summed E-state index contributed by atoms with van der Waals surface area (Å²) in [5, 5.41) is 5.86. The average Bonchev–Trinajstić information content (AvgIpc) is 2.76. The first-order chi connectivity index (χ1) is 16.4. The summed E-state index contributed by atoms with van der Waals surface area (Å²) in [5.41, 5.74) is 4.06. The molecule has 2 atom stereocenters. The maximum absolute atomic E-state index is 13.5. The molecule has 0 aliphatic carbocycles. The molecule has 3 rings (SSSR count). The second-order valence-electron chi connectivity index (χ2n) is 10.6. The maximum atomic E-state index is 13.5. The number of nitrogens with one attached hydrogen (secondary N) is 2. The molecule has 1 heterocycles. The Balaban J connectivity index is 1.82. The van der Waals surface area contributed by atoms with Gasteiger partial charge in [-0.3, -0.25) is 14.5 Å². The van der Waals surface area contributed by atoms with Gasteiger partial charge in [0.2, 0.25) is 11.8 Å². The number of benzene rings is 2. The lowest BCUT2D eigenvalue weighted by atomic mass is 9.93. The number of amides is 3. The van der Waals surface area contributed by atoms with Gasteiger partial charge < -0.3 is 15.4 Å². The topological polar surface area (TPSA) is 87.7 Å². The first-order valence-electron chi connectivity index (χ1n) is 12.1. The van der Waals surface area contributed by atoms with Gasteiger partial charge in [-0.25, -0.2) is 4.79 Å². The van der Waals surface area contributed by atoms with Gasteiger partial charge in [-0.05, 0) is 63.3 Å². The molecule has 7 nitrogen and oxygen atoms in total. The molecule has 0 aromatic heterocycles. The van der Waals surface area contributed by atoms with Gasteiger partial charge in [0.15, 0.2) is 0 Å². The molecule has 188 valence electrons. The van der Waals surface area contributed by atoms with Crippen LogP contribution in [0.1, 0.15) is 56.9 Å². The van der Waals surface area contributed by atoms with Crippen molar-refractivity contribution in [2.45, 2.75) is 79.1 Å². The smallest absolute Gasteiger partial charge is 0.411 e. The minimum absolute atomic E-state index is 0.157. The Bertz CT molecular complexity index is 1100. The van der Waals surface area contributed by atoms with Crippen molar-refractivity contribution in [3.05, 3.63) is 64.7 Å². The number of ether oxygens (including phenoxy) is 1. The molecular weight excluding hydrogens is 442 g/mol. The summed E-state index contributed by atoms with van der Waals surface area (Å²) in [6.45, 7) is 13.4. The zero-order valence-electron chi connectivity index (χ0n) is 21.8. The van der Waals surface area contributed by atoms with Crippen molar-refractivity contribution < 1.29 is 19.1 Å². The Morgan fingerprint density at radius 1 is 1.03 bits per heavy atom. The van der Waals surface area contributed by atoms with Gasteiger partial charge in [0, 0.05) is 12.1 Å². The number of carbonyl (C=O) groups is 3. The lowest BCUT2D eigenvalue weighted by Crippen LogP contribution is -2.57. The number of fused-ring (bicyclic) bond motifs is 1. The Morgan fingerprint density at radius 2 is 1.69 bits per heavy atom. The van der Waals surface area contributed by atoms with Crippen LogP contribution in [0.15, 0.2) is 42.5 Å². The summed E-state index contributed by atoms with van der Waals surface area (Å²) in [5.74, 6) is -0.823. The van der Waals surface area contributed by atoms with Gasteiger partial charge in [-0.2, -0.15) is 0 Å². The van der Waals surface area contributed by atoms with Crippen LogP contribution in [0.4, 0.5) is 10.5 Å². The average molecular weight is 480 g/mol. The standard InChI is InChI=1S/C28H37N3O4/c1-17(2)24(26(33)29-22-13-12-18(3)14-19(22)4)30-25(32)23-15-20-10-8-9-11-21(20)16-31(23)27(34)35-28(5,6)7/h8-14,17,23-24H,15-16H2,1-7H3,(H,29,33)(H,30,32). The predicted molar refractivity (Wildman–Crippen MR) is 137 cm³/mol. The summed E-state index contributed by atoms with van der Waals surface area (Å²) >= 11 is 0. The summed E-state index contributed by atoms with van der Waals surface area (Å²) in [6.07, 6.45) is -0.196. The number of aryl methyl sites for hydroxylation is 2. The van der Waals surface area contributed by atoms with E-state index in [0.29, 0.717) is 12.1 Å². The van der Waals surface area contributed by atoms with E-state index in [4.69, 9.17) is 4.74 Å². The van der Waals surface area contributed by atoms with Crippen molar-refractivity contribution >= 4 is 23.6 Å². The summed E-state index contributed by atoms with van der Waals surface area (Å²) in [6, 6.07) is 12.0. The fourth-order valence-corrected chi connectivity index (χ4v) is 4.22. The van der Waals surface area contributed by atoms with E-state index in [9.17, 15) is 14.4 Å². The van der Waals surface area contributed by atoms with Crippen LogP contribution in [0.3, 0.4) is 0 Å². The number of carbonyl (C=O) groups excluding carboxylic acids is 3. The molecule has 0 radical (unpaired) electrons. The highest BCUT2D eigenvalue weighted by Crippen LogP contribution is 2.26. The van der Waals surface area contributed by atoms with Crippen LogP contribution in [0.5, 0.6) is 0 Å². The van der Waals surface area contributed by atoms with E-state index in [2.05, 4.69) is 10.6 Å². The second-order valence-corrected chi connectivity index (χ2v) is 10.6. The van der Waals surface area contributed by atoms with E-state index in [1.165, 1.54) is 4.90 Å². The van der Waals surface area contributed by atoms with Crippen LogP contribution < -0.4 is 10.6 Å². The van der Waals surface area contributed by atoms with E-state index >= 15 is 0 Å². The highest BCUT2D eigenvalue weighted by atomic mass is 16.6. The zero-order chi connectivity index (χ0) is 25.9. The van der Waals surface area contributed by atoms with Gasteiger partial charge in [-0.15, -0.1) is 0 Å². The molecule has 2 aromatic rings. The van der Waals surface area contributed by atoms with E-state index in [0.717, 1.165) is 22.3 Å². The number of anilines is 1. The highest BCUT2D eigenvalue weighted by Gasteiger charge is 2.38. The number of hydrogen-bond donors (Lipinski definition) is 2. The molecule has 0 spiro atoms. The van der Waals surface area contributed by atoms with Crippen LogP contribution >= 0.6 is 0 Å². The Morgan fingerprint density at radius 3 is 2.29 bits per heavy atom. The third kappa shape index (κ3) is 6.62. The molecule has 7 heteroatoms. The molecule has 0 saturated heterocycles. The van der Waals surface area contributed by atoms with E-state index in [-0.39, 0.29) is 24.3 Å². The van der Waals surface area contributed by atoms with Crippen molar-refractivity contribution in [3.8, 4) is 0 Å². The molecule has 3 amide bonds. The van der Waals surface area contributed by atoms with Gasteiger partial charge in [0.25, 0.3) is 0 Å². The summed E-state index contributed by atoms with van der Waals surface area (Å²) < 4.78 is 5.60. The molecular formula is C28H37N3O4. The van der Waals surface area contributed by atoms with Gasteiger partial charge >= 0.3 is 6.09 Å². The number of nitrogens with zero attached hydrogens (tertiary/aromatic N) is 1. The molecule has 0 saturated carbocycles. The zero-order valence-corrected chi connectivity index (χ0v) is 21.8. The monoisotopic (exact) mass is 479 g/mol. The minimum atomic E-state index is -0.782.